The number of amides is 2. The lowest BCUT2D eigenvalue weighted by Gasteiger charge is -2.28. The summed E-state index contributed by atoms with van der Waals surface area (Å²) in [5.41, 5.74) is 0. The third-order valence-electron chi connectivity index (χ3n) is 3.42. The first kappa shape index (κ1) is 16.1. The van der Waals surface area contributed by atoms with Crippen molar-refractivity contribution in [1.82, 2.24) is 25.0 Å². The quantitative estimate of drug-likeness (QED) is 0.797. The zero-order valence-corrected chi connectivity index (χ0v) is 13.4. The van der Waals surface area contributed by atoms with E-state index >= 15 is 0 Å². The molecule has 118 valence electrons. The monoisotopic (exact) mass is 313 g/mol. The molecule has 2 rings (SSSR count). The summed E-state index contributed by atoms with van der Waals surface area (Å²) in [4.78, 5) is 14.1. The lowest BCUT2D eigenvalue weighted by Crippen LogP contribution is -2.45. The van der Waals surface area contributed by atoms with Crippen molar-refractivity contribution in [2.24, 2.45) is 0 Å². The number of hydrogen-bond donors (Lipinski definition) is 1. The maximum atomic E-state index is 12.2. The molecule has 1 N–H and O–H groups in total. The second-order valence-electron chi connectivity index (χ2n) is 5.00. The van der Waals surface area contributed by atoms with Crippen LogP contribution < -0.4 is 5.32 Å². The molecular weight excluding hydrogens is 290 g/mol. The minimum Gasteiger partial charge on any atom is -0.385 e. The number of nitrogens with one attached hydrogen (secondary N) is 1. The van der Waals surface area contributed by atoms with E-state index in [4.69, 9.17) is 4.74 Å². The normalized spacial score (nSPS) is 16.8. The Kier molecular flexibility index (Phi) is 6.31. The first-order chi connectivity index (χ1) is 10.2. The molecule has 0 bridgehead atoms. The summed E-state index contributed by atoms with van der Waals surface area (Å²) in [6.07, 6.45) is 2.59. The van der Waals surface area contributed by atoms with Crippen LogP contribution in [0.1, 0.15) is 25.2 Å². The van der Waals surface area contributed by atoms with E-state index in [1.165, 1.54) is 0 Å². The number of methoxy groups -OCH3 is 1. The fourth-order valence-corrected chi connectivity index (χ4v) is 3.16. The van der Waals surface area contributed by atoms with Gasteiger partial charge in [-0.05, 0) is 13.3 Å². The van der Waals surface area contributed by atoms with Gasteiger partial charge in [0, 0.05) is 44.9 Å². The van der Waals surface area contributed by atoms with Gasteiger partial charge in [0.1, 0.15) is 6.33 Å². The Morgan fingerprint density at radius 1 is 1.52 bits per heavy atom. The van der Waals surface area contributed by atoms with E-state index in [0.29, 0.717) is 6.61 Å². The zero-order chi connectivity index (χ0) is 15.1. The van der Waals surface area contributed by atoms with E-state index in [9.17, 15) is 4.79 Å². The largest absolute Gasteiger partial charge is 0.385 e. The molecule has 0 spiro atoms. The molecule has 2 heterocycles. The Morgan fingerprint density at radius 2 is 2.29 bits per heavy atom. The second-order valence-corrected chi connectivity index (χ2v) is 6.22. The van der Waals surface area contributed by atoms with Gasteiger partial charge in [0.15, 0.2) is 5.82 Å². The number of urea groups is 1. The van der Waals surface area contributed by atoms with Gasteiger partial charge in [0.25, 0.3) is 0 Å². The molecule has 1 atom stereocenters. The van der Waals surface area contributed by atoms with E-state index in [1.807, 2.05) is 28.2 Å². The van der Waals surface area contributed by atoms with Crippen LogP contribution in [0.3, 0.4) is 0 Å². The van der Waals surface area contributed by atoms with Gasteiger partial charge in [-0.15, -0.1) is 10.2 Å². The van der Waals surface area contributed by atoms with Crippen molar-refractivity contribution in [1.29, 1.82) is 0 Å². The summed E-state index contributed by atoms with van der Waals surface area (Å²) < 4.78 is 7.02. The van der Waals surface area contributed by atoms with Crippen molar-refractivity contribution < 1.29 is 9.53 Å². The van der Waals surface area contributed by atoms with E-state index < -0.39 is 0 Å². The van der Waals surface area contributed by atoms with Crippen molar-refractivity contribution >= 4 is 17.8 Å². The highest BCUT2D eigenvalue weighted by Gasteiger charge is 2.21. The van der Waals surface area contributed by atoms with Crippen LogP contribution in [-0.2, 0) is 11.3 Å². The third kappa shape index (κ3) is 4.60. The summed E-state index contributed by atoms with van der Waals surface area (Å²) in [6, 6.07) is -0.175. The maximum absolute atomic E-state index is 12.2. The summed E-state index contributed by atoms with van der Waals surface area (Å²) in [7, 11) is 1.69. The lowest BCUT2D eigenvalue weighted by molar-refractivity contribution is 0.189. The van der Waals surface area contributed by atoms with Crippen LogP contribution in [-0.4, -0.2) is 64.0 Å². The fraction of sp³-hybridized carbons (Fsp3) is 0.769. The molecule has 1 aliphatic heterocycles. The highest BCUT2D eigenvalue weighted by atomic mass is 32.2. The van der Waals surface area contributed by atoms with Crippen LogP contribution in [0.4, 0.5) is 4.79 Å². The van der Waals surface area contributed by atoms with E-state index in [2.05, 4.69) is 15.5 Å². The van der Waals surface area contributed by atoms with E-state index in [1.54, 1.807) is 13.4 Å². The van der Waals surface area contributed by atoms with Crippen LogP contribution in [0.2, 0.25) is 0 Å². The number of thioether (sulfide) groups is 1. The van der Waals surface area contributed by atoms with Crippen LogP contribution in [0.5, 0.6) is 0 Å². The molecule has 2 amide bonds. The zero-order valence-electron chi connectivity index (χ0n) is 12.6. The minimum absolute atomic E-state index is 0.0192. The number of carbonyl (C=O) groups excluding carboxylic acids is 1. The molecule has 1 unspecified atom stereocenters. The molecule has 1 aliphatic rings. The predicted octanol–water partition coefficient (Wildman–Crippen LogP) is 1.13. The van der Waals surface area contributed by atoms with Crippen molar-refractivity contribution in [2.45, 2.75) is 25.9 Å². The van der Waals surface area contributed by atoms with Crippen molar-refractivity contribution in [3.05, 3.63) is 12.2 Å². The lowest BCUT2D eigenvalue weighted by atomic mass is 10.3. The predicted molar refractivity (Wildman–Crippen MR) is 82.4 cm³/mol. The molecule has 7 nitrogen and oxygen atoms in total. The Balaban J connectivity index is 1.88. The van der Waals surface area contributed by atoms with Gasteiger partial charge < -0.3 is 19.5 Å². The van der Waals surface area contributed by atoms with Crippen LogP contribution >= 0.6 is 11.8 Å². The second kappa shape index (κ2) is 8.23. The van der Waals surface area contributed by atoms with Gasteiger partial charge in [-0.1, -0.05) is 0 Å². The smallest absolute Gasteiger partial charge is 0.318 e. The molecule has 0 aliphatic carbocycles. The molecule has 8 heteroatoms. The van der Waals surface area contributed by atoms with Crippen molar-refractivity contribution in [2.75, 3.05) is 38.3 Å². The summed E-state index contributed by atoms with van der Waals surface area (Å²) >= 11 is 1.89. The molecule has 1 aromatic heterocycles. The Bertz CT molecular complexity index is 448. The van der Waals surface area contributed by atoms with E-state index in [0.717, 1.165) is 43.4 Å². The standard InChI is InChI=1S/C13H23N5O2S/c1-11(15-13(19)17-5-8-21-9-6-17)12-16-14-10-18(12)4-3-7-20-2/h10-11H,3-9H2,1-2H3,(H,15,19). The average molecular weight is 313 g/mol. The van der Waals surface area contributed by atoms with Gasteiger partial charge in [0.05, 0.1) is 6.04 Å². The van der Waals surface area contributed by atoms with Gasteiger partial charge in [-0.2, -0.15) is 11.8 Å². The fourth-order valence-electron chi connectivity index (χ4n) is 2.26. The molecule has 1 fully saturated rings. The molecule has 0 saturated carbocycles. The topological polar surface area (TPSA) is 72.3 Å². The van der Waals surface area contributed by atoms with Crippen LogP contribution in [0.15, 0.2) is 6.33 Å². The Labute approximate surface area is 129 Å². The number of ether oxygens (including phenoxy) is 1. The average Bonchev–Trinajstić information content (AvgIpc) is 2.97. The molecule has 0 aromatic carbocycles. The maximum Gasteiger partial charge on any atom is 0.318 e. The van der Waals surface area contributed by atoms with E-state index in [-0.39, 0.29) is 12.1 Å². The Morgan fingerprint density at radius 3 is 3.00 bits per heavy atom. The number of aromatic nitrogens is 3. The van der Waals surface area contributed by atoms with Crippen molar-refractivity contribution in [3.63, 3.8) is 0 Å². The number of rotatable bonds is 6. The highest BCUT2D eigenvalue weighted by molar-refractivity contribution is 7.99. The molecule has 1 saturated heterocycles. The molecular formula is C13H23N5O2S. The SMILES string of the molecule is COCCCn1cnnc1C(C)NC(=O)N1CCSCC1. The number of nitrogens with zero attached hydrogens (tertiary/aromatic N) is 4. The van der Waals surface area contributed by atoms with Crippen molar-refractivity contribution in [3.8, 4) is 0 Å². The summed E-state index contributed by atoms with van der Waals surface area (Å²) in [6.45, 7) is 5.04. The first-order valence-corrected chi connectivity index (χ1v) is 8.37. The number of hydrogen-bond acceptors (Lipinski definition) is 5. The van der Waals surface area contributed by atoms with Gasteiger partial charge in [-0.3, -0.25) is 0 Å². The summed E-state index contributed by atoms with van der Waals surface area (Å²) in [5.74, 6) is 2.80. The highest BCUT2D eigenvalue weighted by Crippen LogP contribution is 2.13. The molecule has 21 heavy (non-hydrogen) atoms. The molecule has 1 aromatic rings. The van der Waals surface area contributed by atoms with Gasteiger partial charge in [-0.25, -0.2) is 4.79 Å². The third-order valence-corrected chi connectivity index (χ3v) is 4.36. The van der Waals surface area contributed by atoms with Gasteiger partial charge in [0.2, 0.25) is 0 Å². The van der Waals surface area contributed by atoms with Crippen LogP contribution in [0.25, 0.3) is 0 Å². The number of carbonyl (C=O) groups is 1. The Hall–Kier alpha value is -1.28. The summed E-state index contributed by atoms with van der Waals surface area (Å²) in [5, 5.41) is 11.1. The molecule has 0 radical (unpaired) electrons. The first-order valence-electron chi connectivity index (χ1n) is 7.22. The van der Waals surface area contributed by atoms with Crippen LogP contribution in [0, 0.1) is 0 Å². The minimum atomic E-state index is -0.155. The number of aryl methyl sites for hydroxylation is 1. The van der Waals surface area contributed by atoms with Gasteiger partial charge >= 0.3 is 6.03 Å².